The quantitative estimate of drug-likeness (QED) is 0.555. The second kappa shape index (κ2) is 9.18. The highest BCUT2D eigenvalue weighted by molar-refractivity contribution is 5.85. The third-order valence-electron chi connectivity index (χ3n) is 2.23. The molecule has 6 nitrogen and oxygen atoms in total. The lowest BCUT2D eigenvalue weighted by Gasteiger charge is -2.08. The summed E-state index contributed by atoms with van der Waals surface area (Å²) in [4.78, 5) is 11.4. The molecule has 6 heteroatoms. The van der Waals surface area contributed by atoms with Gasteiger partial charge >= 0.3 is 6.09 Å². The number of carbonyl (C=O) groups excluding carboxylic acids is 1. The van der Waals surface area contributed by atoms with Gasteiger partial charge in [0.05, 0.1) is 6.61 Å². The van der Waals surface area contributed by atoms with Crippen LogP contribution in [0.3, 0.4) is 0 Å². The first-order valence-electron chi connectivity index (χ1n) is 6.08. The van der Waals surface area contributed by atoms with Crippen LogP contribution in [0.2, 0.25) is 0 Å². The monoisotopic (exact) mass is 268 g/mol. The van der Waals surface area contributed by atoms with Crippen molar-refractivity contribution in [1.82, 2.24) is 0 Å². The number of amides is 1. The van der Waals surface area contributed by atoms with Crippen LogP contribution >= 0.6 is 0 Å². The number of carbonyl (C=O) groups is 1. The minimum atomic E-state index is -0.522. The van der Waals surface area contributed by atoms with Crippen molar-refractivity contribution in [2.24, 2.45) is 0 Å². The zero-order valence-electron chi connectivity index (χ0n) is 11.1. The average molecular weight is 268 g/mol. The highest BCUT2D eigenvalue weighted by atomic mass is 16.6. The third-order valence-corrected chi connectivity index (χ3v) is 2.23. The van der Waals surface area contributed by atoms with Gasteiger partial charge in [0.25, 0.3) is 0 Å². The van der Waals surface area contributed by atoms with Gasteiger partial charge < -0.3 is 19.9 Å². The Morgan fingerprint density at radius 1 is 1.26 bits per heavy atom. The average Bonchev–Trinajstić information content (AvgIpc) is 2.37. The second-order valence-electron chi connectivity index (χ2n) is 3.85. The van der Waals surface area contributed by atoms with Gasteiger partial charge in [-0.1, -0.05) is 6.07 Å². The molecule has 0 aliphatic carbocycles. The van der Waals surface area contributed by atoms with Gasteiger partial charge in [-0.25, -0.2) is 4.79 Å². The van der Waals surface area contributed by atoms with E-state index in [2.05, 4.69) is 5.32 Å². The van der Waals surface area contributed by atoms with Crippen LogP contribution in [0.4, 0.5) is 16.2 Å². The predicted octanol–water partition coefficient (Wildman–Crippen LogP) is 1.87. The summed E-state index contributed by atoms with van der Waals surface area (Å²) in [6.45, 7) is 1.83. The van der Waals surface area contributed by atoms with Gasteiger partial charge in [-0.3, -0.25) is 5.32 Å². The first-order chi connectivity index (χ1) is 9.22. The predicted molar refractivity (Wildman–Crippen MR) is 73.1 cm³/mol. The summed E-state index contributed by atoms with van der Waals surface area (Å²) in [5, 5.41) is 2.58. The lowest BCUT2D eigenvalue weighted by Crippen LogP contribution is -2.17. The first kappa shape index (κ1) is 15.3. The molecule has 106 valence electrons. The fourth-order valence-corrected chi connectivity index (χ4v) is 1.37. The number of anilines is 2. The Kier molecular flexibility index (Phi) is 7.38. The van der Waals surface area contributed by atoms with Crippen molar-refractivity contribution in [2.75, 3.05) is 44.6 Å². The van der Waals surface area contributed by atoms with Crippen LogP contribution in [0.1, 0.15) is 6.42 Å². The van der Waals surface area contributed by atoms with Gasteiger partial charge in [0.1, 0.15) is 6.61 Å². The molecular formula is C13H20N2O4. The Morgan fingerprint density at radius 3 is 2.84 bits per heavy atom. The molecule has 0 aliphatic rings. The maximum atomic E-state index is 11.4. The van der Waals surface area contributed by atoms with Crippen LogP contribution in [-0.2, 0) is 14.2 Å². The maximum Gasteiger partial charge on any atom is 0.411 e. The maximum absolute atomic E-state index is 11.4. The number of rotatable bonds is 8. The standard InChI is InChI=1S/C13H20N2O4/c1-17-6-3-7-18-8-9-19-13(16)15-12-5-2-4-11(14)10-12/h2,4-5,10H,3,6-9,14H2,1H3,(H,15,16). The molecule has 19 heavy (non-hydrogen) atoms. The van der Waals surface area contributed by atoms with Crippen molar-refractivity contribution >= 4 is 17.5 Å². The molecule has 0 heterocycles. The van der Waals surface area contributed by atoms with Crippen molar-refractivity contribution in [3.63, 3.8) is 0 Å². The van der Waals surface area contributed by atoms with Crippen LogP contribution in [0.25, 0.3) is 0 Å². The van der Waals surface area contributed by atoms with Gasteiger partial charge in [-0.05, 0) is 24.6 Å². The van der Waals surface area contributed by atoms with Crippen molar-refractivity contribution in [1.29, 1.82) is 0 Å². The number of benzene rings is 1. The van der Waals surface area contributed by atoms with Crippen molar-refractivity contribution in [3.05, 3.63) is 24.3 Å². The molecular weight excluding hydrogens is 248 g/mol. The molecule has 1 aromatic rings. The van der Waals surface area contributed by atoms with Gasteiger partial charge in [-0.2, -0.15) is 0 Å². The van der Waals surface area contributed by atoms with Crippen molar-refractivity contribution in [3.8, 4) is 0 Å². The Bertz CT molecular complexity index is 385. The number of hydrogen-bond acceptors (Lipinski definition) is 5. The Morgan fingerprint density at radius 2 is 2.11 bits per heavy atom. The molecule has 0 aliphatic heterocycles. The number of nitrogen functional groups attached to an aromatic ring is 1. The van der Waals surface area contributed by atoms with Gasteiger partial charge in [-0.15, -0.1) is 0 Å². The van der Waals surface area contributed by atoms with E-state index in [9.17, 15) is 4.79 Å². The van der Waals surface area contributed by atoms with E-state index in [-0.39, 0.29) is 6.61 Å². The summed E-state index contributed by atoms with van der Waals surface area (Å²) < 4.78 is 15.1. The van der Waals surface area contributed by atoms with Crippen LogP contribution in [0.5, 0.6) is 0 Å². The molecule has 0 bridgehead atoms. The number of ether oxygens (including phenoxy) is 3. The van der Waals surface area contributed by atoms with E-state index in [1.165, 1.54) is 0 Å². The smallest absolute Gasteiger partial charge is 0.411 e. The molecule has 0 spiro atoms. The SMILES string of the molecule is COCCCOCCOC(=O)Nc1cccc(N)c1. The van der Waals surface area contributed by atoms with E-state index in [1.807, 2.05) is 0 Å². The number of methoxy groups -OCH3 is 1. The Hall–Kier alpha value is -1.79. The van der Waals surface area contributed by atoms with E-state index < -0.39 is 6.09 Å². The minimum absolute atomic E-state index is 0.209. The molecule has 0 saturated carbocycles. The topological polar surface area (TPSA) is 82.8 Å². The molecule has 0 aromatic heterocycles. The summed E-state index contributed by atoms with van der Waals surface area (Å²) >= 11 is 0. The van der Waals surface area contributed by atoms with E-state index in [0.29, 0.717) is 31.2 Å². The number of nitrogens with one attached hydrogen (secondary N) is 1. The zero-order chi connectivity index (χ0) is 13.9. The fraction of sp³-hybridized carbons (Fsp3) is 0.462. The molecule has 0 unspecified atom stereocenters. The Balaban J connectivity index is 2.08. The lowest BCUT2D eigenvalue weighted by atomic mass is 10.3. The highest BCUT2D eigenvalue weighted by Crippen LogP contribution is 2.11. The zero-order valence-corrected chi connectivity index (χ0v) is 11.1. The normalized spacial score (nSPS) is 10.2. The molecule has 0 radical (unpaired) electrons. The molecule has 0 saturated heterocycles. The molecule has 1 amide bonds. The van der Waals surface area contributed by atoms with Gasteiger partial charge in [0.15, 0.2) is 0 Å². The van der Waals surface area contributed by atoms with E-state index in [1.54, 1.807) is 31.4 Å². The molecule has 3 N–H and O–H groups in total. The van der Waals surface area contributed by atoms with Crippen molar-refractivity contribution in [2.45, 2.75) is 6.42 Å². The molecule has 1 rings (SSSR count). The summed E-state index contributed by atoms with van der Waals surface area (Å²) in [5.74, 6) is 0. The minimum Gasteiger partial charge on any atom is -0.447 e. The molecule has 0 fully saturated rings. The van der Waals surface area contributed by atoms with Crippen LogP contribution in [0, 0.1) is 0 Å². The van der Waals surface area contributed by atoms with E-state index in [0.717, 1.165) is 6.42 Å². The number of hydrogen-bond donors (Lipinski definition) is 2. The van der Waals surface area contributed by atoms with E-state index >= 15 is 0 Å². The third kappa shape index (κ3) is 7.28. The van der Waals surface area contributed by atoms with E-state index in [4.69, 9.17) is 19.9 Å². The van der Waals surface area contributed by atoms with Crippen LogP contribution < -0.4 is 11.1 Å². The lowest BCUT2D eigenvalue weighted by molar-refractivity contribution is 0.0656. The summed E-state index contributed by atoms with van der Waals surface area (Å²) in [6.07, 6.45) is 0.303. The van der Waals surface area contributed by atoms with Crippen LogP contribution in [0.15, 0.2) is 24.3 Å². The number of nitrogens with two attached hydrogens (primary N) is 1. The largest absolute Gasteiger partial charge is 0.447 e. The summed E-state index contributed by atoms with van der Waals surface area (Å²) in [5.41, 5.74) is 6.78. The first-order valence-corrected chi connectivity index (χ1v) is 6.08. The summed E-state index contributed by atoms with van der Waals surface area (Å²) in [7, 11) is 1.64. The van der Waals surface area contributed by atoms with Gasteiger partial charge in [0, 0.05) is 31.7 Å². The van der Waals surface area contributed by atoms with Crippen molar-refractivity contribution < 1.29 is 19.0 Å². The Labute approximate surface area is 112 Å². The molecule has 1 aromatic carbocycles. The fourth-order valence-electron chi connectivity index (χ4n) is 1.37. The molecule has 0 atom stereocenters. The van der Waals surface area contributed by atoms with Gasteiger partial charge in [0.2, 0.25) is 0 Å². The summed E-state index contributed by atoms with van der Waals surface area (Å²) in [6, 6.07) is 6.88. The second-order valence-corrected chi connectivity index (χ2v) is 3.85. The highest BCUT2D eigenvalue weighted by Gasteiger charge is 2.02. The van der Waals surface area contributed by atoms with Crippen LogP contribution in [-0.4, -0.2) is 39.6 Å².